The largest absolute Gasteiger partial charge is 0.457 e. The Morgan fingerprint density at radius 1 is 0.643 bits per heavy atom. The Morgan fingerprint density at radius 3 is 1.45 bits per heavy atom. The Balaban J connectivity index is 1.09. The minimum Gasteiger partial charge on any atom is -0.457 e. The maximum Gasteiger partial charge on any atom is 0.417 e. The summed E-state index contributed by atoms with van der Waals surface area (Å²) in [6, 6.07) is 11.8. The molecule has 222 valence electrons. The number of pyridine rings is 2. The monoisotopic (exact) mass is 574 g/mol. The maximum atomic E-state index is 12.4. The van der Waals surface area contributed by atoms with Crippen LogP contribution in [0.1, 0.15) is 46.2 Å². The maximum absolute atomic E-state index is 12.4. The van der Waals surface area contributed by atoms with Gasteiger partial charge in [0, 0.05) is 46.0 Å². The van der Waals surface area contributed by atoms with Gasteiger partial charge in [-0.2, -0.15) is 0 Å². The lowest BCUT2D eigenvalue weighted by atomic mass is 10.0. The van der Waals surface area contributed by atoms with Crippen LogP contribution < -0.4 is 21.8 Å². The Kier molecular flexibility index (Phi) is 10.3. The van der Waals surface area contributed by atoms with Crippen molar-refractivity contribution in [2.24, 2.45) is 0 Å². The summed E-state index contributed by atoms with van der Waals surface area (Å²) >= 11 is 0. The number of hydrogen-bond acceptors (Lipinski definition) is 8. The quantitative estimate of drug-likeness (QED) is 0.115. The van der Waals surface area contributed by atoms with E-state index in [1.807, 2.05) is 52.0 Å². The van der Waals surface area contributed by atoms with Gasteiger partial charge >= 0.3 is 11.9 Å². The van der Waals surface area contributed by atoms with E-state index in [0.717, 1.165) is 44.1 Å². The number of H-pyrrole nitrogens is 2. The molecule has 0 radical (unpaired) electrons. The summed E-state index contributed by atoms with van der Waals surface area (Å²) in [5.74, 6) is -2.07. The first-order valence-corrected chi connectivity index (χ1v) is 14.1. The van der Waals surface area contributed by atoms with Gasteiger partial charge in [0.05, 0.1) is 13.2 Å². The third-order valence-electron chi connectivity index (χ3n) is 7.04. The predicted molar refractivity (Wildman–Crippen MR) is 163 cm³/mol. The number of nitrogens with one attached hydrogen (secondary N) is 4. The van der Waals surface area contributed by atoms with Crippen LogP contribution in [-0.4, -0.2) is 48.2 Å². The highest BCUT2D eigenvalue weighted by Crippen LogP contribution is 2.19. The molecule has 0 aliphatic rings. The van der Waals surface area contributed by atoms with Crippen molar-refractivity contribution < 1.29 is 19.1 Å². The molecule has 2 heterocycles. The zero-order valence-corrected chi connectivity index (χ0v) is 24.6. The van der Waals surface area contributed by atoms with Crippen LogP contribution >= 0.6 is 0 Å². The minimum absolute atomic E-state index is 0.0499. The summed E-state index contributed by atoms with van der Waals surface area (Å²) in [5, 5.41) is 8.35. The standard InChI is InChI=1S/C32H38N4O6/c1-19-11-21(3)25-15-23(29(37)35-27(25)13-19)17-33-7-5-9-41-31(39)32(40)42-10-6-8-34-18-24-16-26-22(4)12-20(2)14-28(26)36-30(24)38/h11-16,33-34H,5-10,17-18H2,1-4H3,(H,35,37)(H,36,38). The average Bonchev–Trinajstić information content (AvgIpc) is 2.92. The number of hydrogen-bond donors (Lipinski definition) is 4. The average molecular weight is 575 g/mol. The molecule has 0 saturated heterocycles. The van der Waals surface area contributed by atoms with Gasteiger partial charge in [0.2, 0.25) is 0 Å². The predicted octanol–water partition coefficient (Wildman–Crippen LogP) is 3.35. The Morgan fingerprint density at radius 2 is 1.05 bits per heavy atom. The van der Waals surface area contributed by atoms with E-state index in [2.05, 4.69) is 32.7 Å². The molecule has 2 aromatic carbocycles. The van der Waals surface area contributed by atoms with Crippen LogP contribution in [0, 0.1) is 27.7 Å². The Hall–Kier alpha value is -4.28. The van der Waals surface area contributed by atoms with Crippen molar-refractivity contribution >= 4 is 33.7 Å². The minimum atomic E-state index is -1.03. The first-order chi connectivity index (χ1) is 20.1. The molecule has 0 spiro atoms. The second kappa shape index (κ2) is 14.1. The smallest absolute Gasteiger partial charge is 0.417 e. The van der Waals surface area contributed by atoms with Crippen LogP contribution in [0.25, 0.3) is 21.8 Å². The number of rotatable bonds is 12. The number of aromatic nitrogens is 2. The van der Waals surface area contributed by atoms with Crippen LogP contribution in [0.2, 0.25) is 0 Å². The molecule has 4 aromatic rings. The van der Waals surface area contributed by atoms with Gasteiger partial charge in [-0.15, -0.1) is 0 Å². The molecular formula is C32H38N4O6. The molecule has 0 aliphatic carbocycles. The third-order valence-corrected chi connectivity index (χ3v) is 7.04. The normalized spacial score (nSPS) is 11.2. The van der Waals surface area contributed by atoms with Gasteiger partial charge in [0.25, 0.3) is 11.1 Å². The summed E-state index contributed by atoms with van der Waals surface area (Å²) in [5.41, 5.74) is 6.98. The third kappa shape index (κ3) is 7.92. The molecule has 0 atom stereocenters. The number of esters is 2. The van der Waals surface area contributed by atoms with E-state index in [9.17, 15) is 19.2 Å². The topological polar surface area (TPSA) is 142 Å². The van der Waals surface area contributed by atoms with E-state index >= 15 is 0 Å². The zero-order chi connectivity index (χ0) is 30.2. The number of ether oxygens (including phenoxy) is 2. The van der Waals surface area contributed by atoms with Gasteiger partial charge in [-0.05, 0) is 100 Å². The van der Waals surface area contributed by atoms with Gasteiger partial charge in [-0.25, -0.2) is 9.59 Å². The fraction of sp³-hybridized carbons (Fsp3) is 0.375. The van der Waals surface area contributed by atoms with Gasteiger partial charge < -0.3 is 30.1 Å². The molecule has 0 amide bonds. The van der Waals surface area contributed by atoms with Crippen molar-refractivity contribution in [3.63, 3.8) is 0 Å². The summed E-state index contributed by atoms with van der Waals surface area (Å²) in [4.78, 5) is 54.5. The van der Waals surface area contributed by atoms with E-state index in [0.29, 0.717) is 50.1 Å². The van der Waals surface area contributed by atoms with E-state index in [-0.39, 0.29) is 24.3 Å². The zero-order valence-electron chi connectivity index (χ0n) is 24.6. The van der Waals surface area contributed by atoms with Crippen LogP contribution in [-0.2, 0) is 32.2 Å². The fourth-order valence-electron chi connectivity index (χ4n) is 4.98. The van der Waals surface area contributed by atoms with Crippen molar-refractivity contribution in [3.8, 4) is 0 Å². The highest BCUT2D eigenvalue weighted by molar-refractivity contribution is 6.29. The van der Waals surface area contributed by atoms with Crippen molar-refractivity contribution in [2.45, 2.75) is 53.6 Å². The molecule has 0 saturated carbocycles. The van der Waals surface area contributed by atoms with Gasteiger partial charge in [0.15, 0.2) is 0 Å². The highest BCUT2D eigenvalue weighted by Gasteiger charge is 2.16. The molecule has 0 aliphatic heterocycles. The molecule has 0 bridgehead atoms. The van der Waals surface area contributed by atoms with Crippen molar-refractivity contribution in [1.29, 1.82) is 0 Å². The molecule has 4 rings (SSSR count). The van der Waals surface area contributed by atoms with E-state index in [1.54, 1.807) is 0 Å². The molecule has 4 N–H and O–H groups in total. The lowest BCUT2D eigenvalue weighted by Gasteiger charge is -2.09. The first kappa shape index (κ1) is 30.7. The number of benzene rings is 2. The second-order valence-electron chi connectivity index (χ2n) is 10.7. The molecule has 0 fully saturated rings. The first-order valence-electron chi connectivity index (χ1n) is 14.1. The molecule has 0 unspecified atom stereocenters. The summed E-state index contributed by atoms with van der Waals surface area (Å²) < 4.78 is 9.98. The van der Waals surface area contributed by atoms with E-state index < -0.39 is 11.9 Å². The lowest BCUT2D eigenvalue weighted by Crippen LogP contribution is -2.25. The van der Waals surface area contributed by atoms with Crippen molar-refractivity contribution in [3.05, 3.63) is 90.5 Å². The summed E-state index contributed by atoms with van der Waals surface area (Å²) in [6.45, 7) is 9.85. The number of aryl methyl sites for hydroxylation is 4. The van der Waals surface area contributed by atoms with Gasteiger partial charge in [-0.1, -0.05) is 12.1 Å². The van der Waals surface area contributed by atoms with E-state index in [1.165, 1.54) is 0 Å². The lowest BCUT2D eigenvalue weighted by molar-refractivity contribution is -0.167. The Labute approximate surface area is 243 Å². The fourth-order valence-corrected chi connectivity index (χ4v) is 4.98. The van der Waals surface area contributed by atoms with Gasteiger partial charge in [0.1, 0.15) is 0 Å². The number of aromatic amines is 2. The molecular weight excluding hydrogens is 536 g/mol. The molecule has 10 nitrogen and oxygen atoms in total. The number of carbonyl (C=O) groups is 2. The second-order valence-corrected chi connectivity index (χ2v) is 10.7. The number of fused-ring (bicyclic) bond motifs is 2. The molecule has 42 heavy (non-hydrogen) atoms. The molecule has 10 heteroatoms. The van der Waals surface area contributed by atoms with Gasteiger partial charge in [-0.3, -0.25) is 9.59 Å². The van der Waals surface area contributed by atoms with Crippen molar-refractivity contribution in [2.75, 3.05) is 26.3 Å². The highest BCUT2D eigenvalue weighted by atomic mass is 16.6. The van der Waals surface area contributed by atoms with Crippen molar-refractivity contribution in [1.82, 2.24) is 20.6 Å². The van der Waals surface area contributed by atoms with Crippen LogP contribution in [0.4, 0.5) is 0 Å². The molecule has 2 aromatic heterocycles. The SMILES string of the molecule is Cc1cc(C)c2cc(CNCCCOC(=O)C(=O)OCCCNCc3cc4c(C)cc(C)cc4[nH]c3=O)c(=O)[nH]c2c1. The van der Waals surface area contributed by atoms with E-state index in [4.69, 9.17) is 9.47 Å². The Bertz CT molecular complexity index is 1600. The van der Waals surface area contributed by atoms with Crippen LogP contribution in [0.15, 0.2) is 46.0 Å². The summed E-state index contributed by atoms with van der Waals surface area (Å²) in [6.07, 6.45) is 0.944. The summed E-state index contributed by atoms with van der Waals surface area (Å²) in [7, 11) is 0. The number of carbonyl (C=O) groups excluding carboxylic acids is 2. The van der Waals surface area contributed by atoms with Crippen LogP contribution in [0.5, 0.6) is 0 Å². The van der Waals surface area contributed by atoms with Crippen LogP contribution in [0.3, 0.4) is 0 Å².